The molecule has 0 heterocycles. The zero-order chi connectivity index (χ0) is 13.4. The average molecular weight is 236 g/mol. The second-order valence-corrected chi connectivity index (χ2v) is 5.51. The average Bonchev–Trinajstić information content (AvgIpc) is 2.14. The van der Waals surface area contributed by atoms with Gasteiger partial charge in [0.2, 0.25) is 0 Å². The number of benzene rings is 1. The number of carboxylic acid groups (broad SMARTS) is 1. The van der Waals surface area contributed by atoms with Gasteiger partial charge in [-0.2, -0.15) is 0 Å². The molecule has 1 aromatic carbocycles. The zero-order valence-electron chi connectivity index (χ0n) is 11.0. The molecule has 0 unspecified atom stereocenters. The quantitative estimate of drug-likeness (QED) is 0.830. The first kappa shape index (κ1) is 13.7. The maximum absolute atomic E-state index is 10.8. The van der Waals surface area contributed by atoms with Crippen LogP contribution in [0.1, 0.15) is 49.1 Å². The van der Waals surface area contributed by atoms with Crippen molar-refractivity contribution < 1.29 is 15.0 Å². The molecule has 0 aliphatic carbocycles. The molecular formula is C14H20O3. The summed E-state index contributed by atoms with van der Waals surface area (Å²) in [5.74, 6) is -1.21. The molecule has 0 saturated carbocycles. The van der Waals surface area contributed by atoms with Crippen molar-refractivity contribution in [3.05, 3.63) is 34.4 Å². The van der Waals surface area contributed by atoms with Crippen LogP contribution in [0.15, 0.2) is 12.1 Å². The minimum atomic E-state index is -1.44. The highest BCUT2D eigenvalue weighted by Crippen LogP contribution is 2.29. The van der Waals surface area contributed by atoms with Crippen molar-refractivity contribution in [2.45, 2.75) is 46.1 Å². The largest absolute Gasteiger partial charge is 0.479 e. The fourth-order valence-electron chi connectivity index (χ4n) is 1.96. The number of aliphatic carboxylic acids is 1. The van der Waals surface area contributed by atoms with Crippen LogP contribution < -0.4 is 0 Å². The van der Waals surface area contributed by atoms with Gasteiger partial charge in [0, 0.05) is 0 Å². The van der Waals surface area contributed by atoms with Gasteiger partial charge in [0.15, 0.2) is 6.10 Å². The van der Waals surface area contributed by atoms with Crippen molar-refractivity contribution in [3.63, 3.8) is 0 Å². The molecular weight excluding hydrogens is 216 g/mol. The Hall–Kier alpha value is -1.35. The Bertz CT molecular complexity index is 418. The maximum atomic E-state index is 10.8. The lowest BCUT2D eigenvalue weighted by Gasteiger charge is -2.23. The number of hydrogen-bond acceptors (Lipinski definition) is 2. The lowest BCUT2D eigenvalue weighted by atomic mass is 9.83. The smallest absolute Gasteiger partial charge is 0.337 e. The van der Waals surface area contributed by atoms with Gasteiger partial charge in [-0.15, -0.1) is 0 Å². The number of aryl methyl sites for hydroxylation is 2. The highest BCUT2D eigenvalue weighted by atomic mass is 16.4. The van der Waals surface area contributed by atoms with Crippen LogP contribution in [0.25, 0.3) is 0 Å². The van der Waals surface area contributed by atoms with E-state index >= 15 is 0 Å². The molecule has 3 heteroatoms. The molecule has 3 nitrogen and oxygen atoms in total. The molecule has 0 bridgehead atoms. The number of carbonyl (C=O) groups is 1. The van der Waals surface area contributed by atoms with Gasteiger partial charge in [-0.3, -0.25) is 0 Å². The summed E-state index contributed by atoms with van der Waals surface area (Å²) in [7, 11) is 0. The van der Waals surface area contributed by atoms with E-state index in [1.165, 1.54) is 0 Å². The summed E-state index contributed by atoms with van der Waals surface area (Å²) in [6.45, 7) is 9.99. The third-order valence-corrected chi connectivity index (χ3v) is 2.97. The van der Waals surface area contributed by atoms with Crippen LogP contribution >= 0.6 is 0 Å². The maximum Gasteiger partial charge on any atom is 0.337 e. The van der Waals surface area contributed by atoms with Crippen LogP contribution in [0.5, 0.6) is 0 Å². The van der Waals surface area contributed by atoms with Gasteiger partial charge in [0.25, 0.3) is 0 Å². The summed E-state index contributed by atoms with van der Waals surface area (Å²) in [5.41, 5.74) is 3.32. The van der Waals surface area contributed by atoms with Crippen molar-refractivity contribution >= 4 is 5.97 Å². The lowest BCUT2D eigenvalue weighted by molar-refractivity contribution is -0.147. The molecule has 1 rings (SSSR count). The van der Waals surface area contributed by atoms with Gasteiger partial charge in [0.05, 0.1) is 0 Å². The Morgan fingerprint density at radius 1 is 1.18 bits per heavy atom. The molecule has 0 amide bonds. The zero-order valence-corrected chi connectivity index (χ0v) is 11.0. The highest BCUT2D eigenvalue weighted by molar-refractivity contribution is 5.75. The monoisotopic (exact) mass is 236 g/mol. The van der Waals surface area contributed by atoms with Crippen LogP contribution in [0.3, 0.4) is 0 Å². The van der Waals surface area contributed by atoms with E-state index < -0.39 is 12.1 Å². The van der Waals surface area contributed by atoms with Crippen LogP contribution in [0.4, 0.5) is 0 Å². The van der Waals surface area contributed by atoms with E-state index in [9.17, 15) is 9.90 Å². The summed E-state index contributed by atoms with van der Waals surface area (Å²) in [5, 5.41) is 18.5. The number of aliphatic hydroxyl groups is 1. The van der Waals surface area contributed by atoms with E-state index in [1.54, 1.807) is 0 Å². The molecule has 0 aliphatic rings. The molecule has 0 aliphatic heterocycles. The third kappa shape index (κ3) is 2.86. The van der Waals surface area contributed by atoms with Crippen molar-refractivity contribution in [2.75, 3.05) is 0 Å². The molecule has 0 aromatic heterocycles. The fraction of sp³-hybridized carbons (Fsp3) is 0.500. The van der Waals surface area contributed by atoms with Gasteiger partial charge >= 0.3 is 5.97 Å². The minimum absolute atomic E-state index is 0.0161. The van der Waals surface area contributed by atoms with Gasteiger partial charge in [-0.05, 0) is 41.5 Å². The topological polar surface area (TPSA) is 57.5 Å². The summed E-state index contributed by atoms with van der Waals surface area (Å²) in [6, 6.07) is 3.91. The molecule has 2 N–H and O–H groups in total. The Morgan fingerprint density at radius 3 is 1.88 bits per heavy atom. The highest BCUT2D eigenvalue weighted by Gasteiger charge is 2.23. The van der Waals surface area contributed by atoms with Gasteiger partial charge < -0.3 is 10.2 Å². The Kier molecular flexibility index (Phi) is 3.62. The lowest BCUT2D eigenvalue weighted by Crippen LogP contribution is -2.16. The van der Waals surface area contributed by atoms with E-state index in [0.717, 1.165) is 16.7 Å². The van der Waals surface area contributed by atoms with Crippen LogP contribution in [-0.2, 0) is 10.2 Å². The molecule has 94 valence electrons. The Morgan fingerprint density at radius 2 is 1.59 bits per heavy atom. The molecule has 0 radical (unpaired) electrons. The van der Waals surface area contributed by atoms with Crippen molar-refractivity contribution in [2.24, 2.45) is 0 Å². The van der Waals surface area contributed by atoms with Crippen molar-refractivity contribution in [1.82, 2.24) is 0 Å². The molecule has 0 fully saturated rings. The predicted molar refractivity (Wildman–Crippen MR) is 67.2 cm³/mol. The summed E-state index contributed by atoms with van der Waals surface area (Å²) >= 11 is 0. The normalized spacial score (nSPS) is 13.5. The SMILES string of the molecule is Cc1cc(C(C)(C)C)cc(C)c1[C@@H](O)C(=O)O. The molecule has 0 spiro atoms. The number of aliphatic hydroxyl groups excluding tert-OH is 1. The summed E-state index contributed by atoms with van der Waals surface area (Å²) in [6.07, 6.45) is -1.44. The van der Waals surface area contributed by atoms with Crippen molar-refractivity contribution in [3.8, 4) is 0 Å². The second kappa shape index (κ2) is 4.49. The van der Waals surface area contributed by atoms with Crippen molar-refractivity contribution in [1.29, 1.82) is 0 Å². The predicted octanol–water partition coefficient (Wildman–Crippen LogP) is 2.72. The van der Waals surface area contributed by atoms with E-state index in [-0.39, 0.29) is 5.41 Å². The standard InChI is InChI=1S/C14H20O3/c1-8-6-10(14(3,4)5)7-9(2)11(8)12(15)13(16)17/h6-7,12,15H,1-5H3,(H,16,17)/t12-/m1/s1. The van der Waals surface area contributed by atoms with Gasteiger partial charge in [-0.25, -0.2) is 4.79 Å². The van der Waals surface area contributed by atoms with E-state index in [1.807, 2.05) is 26.0 Å². The first-order chi connectivity index (χ1) is 7.64. The molecule has 1 aromatic rings. The Balaban J connectivity index is 3.34. The Labute approximate surface area is 102 Å². The first-order valence-corrected chi connectivity index (χ1v) is 5.67. The number of hydrogen-bond donors (Lipinski definition) is 2. The summed E-state index contributed by atoms with van der Waals surface area (Å²) in [4.78, 5) is 10.8. The number of carboxylic acids is 1. The fourth-order valence-corrected chi connectivity index (χ4v) is 1.96. The van der Waals surface area contributed by atoms with Gasteiger partial charge in [-0.1, -0.05) is 32.9 Å². The van der Waals surface area contributed by atoms with Gasteiger partial charge in [0.1, 0.15) is 0 Å². The minimum Gasteiger partial charge on any atom is -0.479 e. The van der Waals surface area contributed by atoms with E-state index in [2.05, 4.69) is 20.8 Å². The van der Waals surface area contributed by atoms with Crippen LogP contribution in [0.2, 0.25) is 0 Å². The van der Waals surface area contributed by atoms with E-state index in [4.69, 9.17) is 5.11 Å². The first-order valence-electron chi connectivity index (χ1n) is 5.67. The second-order valence-electron chi connectivity index (χ2n) is 5.51. The number of rotatable bonds is 2. The van der Waals surface area contributed by atoms with Crippen LogP contribution in [0, 0.1) is 13.8 Å². The third-order valence-electron chi connectivity index (χ3n) is 2.97. The molecule has 17 heavy (non-hydrogen) atoms. The summed E-state index contributed by atoms with van der Waals surface area (Å²) < 4.78 is 0. The molecule has 0 saturated heterocycles. The van der Waals surface area contributed by atoms with E-state index in [0.29, 0.717) is 5.56 Å². The van der Waals surface area contributed by atoms with Crippen LogP contribution in [-0.4, -0.2) is 16.2 Å². The molecule has 1 atom stereocenters.